The van der Waals surface area contributed by atoms with Gasteiger partial charge in [-0.3, -0.25) is 10.1 Å². The Balaban J connectivity index is 1.64. The van der Waals surface area contributed by atoms with Crippen LogP contribution in [0.5, 0.6) is 0 Å². The Morgan fingerprint density at radius 2 is 2.25 bits per heavy atom. The molecule has 0 spiro atoms. The minimum absolute atomic E-state index is 0.00718. The van der Waals surface area contributed by atoms with E-state index in [-0.39, 0.29) is 5.69 Å². The number of non-ortho nitro benzene ring substituents is 1. The monoisotopic (exact) mass is 273 g/mol. The van der Waals surface area contributed by atoms with E-state index in [2.05, 4.69) is 10.3 Å². The van der Waals surface area contributed by atoms with Crippen LogP contribution in [0.1, 0.15) is 25.7 Å². The molecule has 20 heavy (non-hydrogen) atoms. The van der Waals surface area contributed by atoms with Crippen LogP contribution < -0.4 is 5.32 Å². The van der Waals surface area contributed by atoms with Crippen molar-refractivity contribution < 1.29 is 9.34 Å². The molecular weight excluding hydrogens is 258 g/mol. The van der Waals surface area contributed by atoms with E-state index in [1.807, 2.05) is 0 Å². The summed E-state index contributed by atoms with van der Waals surface area (Å²) >= 11 is 0. The van der Waals surface area contributed by atoms with Crippen LogP contribution >= 0.6 is 0 Å². The first-order valence-corrected chi connectivity index (χ1v) is 7.01. The summed E-state index contributed by atoms with van der Waals surface area (Å²) in [6.07, 6.45) is 5.05. The fourth-order valence-electron chi connectivity index (χ4n) is 3.72. The number of rotatable bonds is 3. The largest absolute Gasteiger partial charge is 0.423 e. The van der Waals surface area contributed by atoms with E-state index < -0.39 is 4.92 Å². The summed E-state index contributed by atoms with van der Waals surface area (Å²) in [5, 5.41) is 14.3. The van der Waals surface area contributed by atoms with E-state index in [9.17, 15) is 10.1 Å². The summed E-state index contributed by atoms with van der Waals surface area (Å²) in [5.74, 6) is 1.53. The Morgan fingerprint density at radius 1 is 1.35 bits per heavy atom. The van der Waals surface area contributed by atoms with Crippen LogP contribution in [0.15, 0.2) is 22.6 Å². The molecule has 1 aromatic carbocycles. The summed E-state index contributed by atoms with van der Waals surface area (Å²) in [5.41, 5.74) is 0.778. The third kappa shape index (κ3) is 1.75. The molecule has 1 N–H and O–H groups in total. The van der Waals surface area contributed by atoms with Crippen LogP contribution in [-0.2, 0) is 0 Å². The maximum absolute atomic E-state index is 11.0. The number of nitro benzene ring substituents is 1. The Kier molecular flexibility index (Phi) is 2.45. The topological polar surface area (TPSA) is 81.2 Å². The van der Waals surface area contributed by atoms with Crippen LogP contribution in [0.25, 0.3) is 11.1 Å². The van der Waals surface area contributed by atoms with Crippen molar-refractivity contribution in [3.05, 3.63) is 28.3 Å². The lowest BCUT2D eigenvalue weighted by atomic mass is 9.96. The second-order valence-corrected chi connectivity index (χ2v) is 5.83. The minimum Gasteiger partial charge on any atom is -0.423 e. The highest BCUT2D eigenvalue weighted by Gasteiger charge is 2.40. The summed E-state index contributed by atoms with van der Waals surface area (Å²) in [6, 6.07) is 5.59. The van der Waals surface area contributed by atoms with Gasteiger partial charge in [0.15, 0.2) is 11.1 Å². The lowest BCUT2D eigenvalue weighted by molar-refractivity contribution is -0.383. The van der Waals surface area contributed by atoms with Gasteiger partial charge in [-0.25, -0.2) is 0 Å². The van der Waals surface area contributed by atoms with Crippen LogP contribution in [0, 0.1) is 22.0 Å². The van der Waals surface area contributed by atoms with Crippen molar-refractivity contribution in [1.82, 2.24) is 4.98 Å². The van der Waals surface area contributed by atoms with Crippen molar-refractivity contribution in [3.8, 4) is 0 Å². The summed E-state index contributed by atoms with van der Waals surface area (Å²) in [4.78, 5) is 14.8. The number of benzene rings is 1. The van der Waals surface area contributed by atoms with E-state index in [0.717, 1.165) is 12.3 Å². The maximum Gasteiger partial charge on any atom is 0.298 e. The van der Waals surface area contributed by atoms with Crippen molar-refractivity contribution in [2.45, 2.75) is 31.7 Å². The zero-order chi connectivity index (χ0) is 13.7. The van der Waals surface area contributed by atoms with Crippen molar-refractivity contribution >= 4 is 22.8 Å². The molecule has 2 aliphatic rings. The molecule has 1 aromatic heterocycles. The normalized spacial score (nSPS) is 28.1. The van der Waals surface area contributed by atoms with E-state index in [0.29, 0.717) is 29.1 Å². The smallest absolute Gasteiger partial charge is 0.298 e. The van der Waals surface area contributed by atoms with Gasteiger partial charge in [-0.2, -0.15) is 4.98 Å². The Bertz CT molecular complexity index is 681. The minimum atomic E-state index is -0.424. The van der Waals surface area contributed by atoms with Gasteiger partial charge >= 0.3 is 0 Å². The first kappa shape index (κ1) is 11.7. The van der Waals surface area contributed by atoms with Gasteiger partial charge in [0.25, 0.3) is 11.7 Å². The van der Waals surface area contributed by atoms with Gasteiger partial charge in [0.05, 0.1) is 4.92 Å². The predicted molar refractivity (Wildman–Crippen MR) is 73.5 cm³/mol. The number of anilines is 1. The van der Waals surface area contributed by atoms with Crippen LogP contribution in [0.2, 0.25) is 0 Å². The molecule has 2 bridgehead atoms. The van der Waals surface area contributed by atoms with E-state index >= 15 is 0 Å². The predicted octanol–water partition coefficient (Wildman–Crippen LogP) is 3.34. The van der Waals surface area contributed by atoms with Gasteiger partial charge in [0.1, 0.15) is 0 Å². The number of hydrogen-bond acceptors (Lipinski definition) is 5. The second-order valence-electron chi connectivity index (χ2n) is 5.83. The molecule has 2 aromatic rings. The first-order valence-electron chi connectivity index (χ1n) is 7.01. The molecule has 104 valence electrons. The molecule has 3 atom stereocenters. The van der Waals surface area contributed by atoms with Crippen molar-refractivity contribution in [2.75, 3.05) is 5.32 Å². The maximum atomic E-state index is 11.0. The van der Waals surface area contributed by atoms with Crippen LogP contribution in [0.3, 0.4) is 0 Å². The molecule has 6 heteroatoms. The average Bonchev–Trinajstić information content (AvgIpc) is 3.11. The Hall–Kier alpha value is -2.11. The molecule has 2 saturated carbocycles. The van der Waals surface area contributed by atoms with Gasteiger partial charge in [0.2, 0.25) is 0 Å². The molecule has 0 radical (unpaired) electrons. The summed E-state index contributed by atoms with van der Waals surface area (Å²) in [7, 11) is 0. The van der Waals surface area contributed by atoms with Gasteiger partial charge in [0, 0.05) is 12.1 Å². The van der Waals surface area contributed by atoms with Crippen LogP contribution in [-0.4, -0.2) is 15.9 Å². The number of nitrogens with zero attached hydrogens (tertiary/aromatic N) is 2. The van der Waals surface area contributed by atoms with E-state index in [4.69, 9.17) is 4.42 Å². The molecule has 2 fully saturated rings. The van der Waals surface area contributed by atoms with Crippen molar-refractivity contribution in [3.63, 3.8) is 0 Å². The van der Waals surface area contributed by atoms with Gasteiger partial charge < -0.3 is 9.73 Å². The molecule has 3 unspecified atom stereocenters. The SMILES string of the molecule is O=[N+]([O-])c1cccc2oc(NC3CC4CCC3C4)nc12. The number of fused-ring (bicyclic) bond motifs is 3. The number of oxazole rings is 1. The Labute approximate surface area is 115 Å². The fourth-order valence-corrected chi connectivity index (χ4v) is 3.72. The number of hydrogen-bond donors (Lipinski definition) is 1. The highest BCUT2D eigenvalue weighted by molar-refractivity contribution is 5.84. The molecular formula is C14H15N3O3. The summed E-state index contributed by atoms with van der Waals surface area (Å²) < 4.78 is 5.60. The fraction of sp³-hybridized carbons (Fsp3) is 0.500. The van der Waals surface area contributed by atoms with E-state index in [1.54, 1.807) is 12.1 Å². The van der Waals surface area contributed by atoms with Gasteiger partial charge in [-0.05, 0) is 37.2 Å². The number of para-hydroxylation sites is 1. The number of nitro groups is 1. The standard InChI is InChI=1S/C14H15N3O3/c18-17(19)11-2-1-3-12-13(11)16-14(20-12)15-10-7-8-4-5-9(10)6-8/h1-3,8-10H,4-7H2,(H,15,16). The van der Waals surface area contributed by atoms with Crippen LogP contribution in [0.4, 0.5) is 11.7 Å². The average molecular weight is 273 g/mol. The highest BCUT2D eigenvalue weighted by Crippen LogP contribution is 2.45. The number of nitrogens with one attached hydrogen (secondary N) is 1. The lowest BCUT2D eigenvalue weighted by Crippen LogP contribution is -2.25. The Morgan fingerprint density at radius 3 is 2.95 bits per heavy atom. The van der Waals surface area contributed by atoms with Crippen molar-refractivity contribution in [1.29, 1.82) is 0 Å². The second kappa shape index (κ2) is 4.19. The van der Waals surface area contributed by atoms with Crippen molar-refractivity contribution in [2.24, 2.45) is 11.8 Å². The third-order valence-electron chi connectivity index (χ3n) is 4.64. The molecule has 0 amide bonds. The molecule has 6 nitrogen and oxygen atoms in total. The lowest BCUT2D eigenvalue weighted by Gasteiger charge is -2.21. The number of aromatic nitrogens is 1. The van der Waals surface area contributed by atoms with Gasteiger partial charge in [-0.1, -0.05) is 12.5 Å². The molecule has 4 rings (SSSR count). The summed E-state index contributed by atoms with van der Waals surface area (Å²) in [6.45, 7) is 0. The highest BCUT2D eigenvalue weighted by atomic mass is 16.6. The quantitative estimate of drug-likeness (QED) is 0.685. The molecule has 0 aliphatic heterocycles. The third-order valence-corrected chi connectivity index (χ3v) is 4.64. The molecule has 2 aliphatic carbocycles. The molecule has 0 saturated heterocycles. The van der Waals surface area contributed by atoms with E-state index in [1.165, 1.54) is 25.3 Å². The zero-order valence-corrected chi connectivity index (χ0v) is 10.9. The van der Waals surface area contributed by atoms with Gasteiger partial charge in [-0.15, -0.1) is 0 Å². The zero-order valence-electron chi connectivity index (χ0n) is 10.9. The first-order chi connectivity index (χ1) is 9.70. The molecule has 1 heterocycles.